The van der Waals surface area contributed by atoms with Crippen molar-refractivity contribution >= 4 is 17.9 Å². The zero-order valence-corrected chi connectivity index (χ0v) is 22.4. The van der Waals surface area contributed by atoms with Gasteiger partial charge in [-0.2, -0.15) is 0 Å². The van der Waals surface area contributed by atoms with Crippen molar-refractivity contribution in [1.82, 2.24) is 0 Å². The number of carboxylic acid groups (broad SMARTS) is 1. The number of carbonyl (C=O) groups excluding carboxylic acids is 2. The summed E-state index contributed by atoms with van der Waals surface area (Å²) in [5, 5.41) is 19.4. The summed E-state index contributed by atoms with van der Waals surface area (Å²) < 4.78 is 10.4. The van der Waals surface area contributed by atoms with Crippen molar-refractivity contribution in [3.63, 3.8) is 0 Å². The summed E-state index contributed by atoms with van der Waals surface area (Å²) in [6.07, 6.45) is 16.9. The van der Waals surface area contributed by atoms with Crippen LogP contribution in [0.3, 0.4) is 0 Å². The Labute approximate surface area is 213 Å². The molecule has 2 unspecified atom stereocenters. The molecule has 0 saturated heterocycles. The van der Waals surface area contributed by atoms with Gasteiger partial charge in [-0.05, 0) is 38.5 Å². The Kier molecular flexibility index (Phi) is 23.0. The van der Waals surface area contributed by atoms with Gasteiger partial charge in [0.1, 0.15) is 6.10 Å². The molecule has 35 heavy (non-hydrogen) atoms. The molecule has 0 aliphatic carbocycles. The minimum absolute atomic E-state index is 0.171. The summed E-state index contributed by atoms with van der Waals surface area (Å²) in [5.41, 5.74) is 0. The molecule has 0 aromatic rings. The topological polar surface area (TPSA) is 110 Å². The van der Waals surface area contributed by atoms with Crippen molar-refractivity contribution in [2.75, 3.05) is 7.11 Å². The first-order valence-electron chi connectivity index (χ1n) is 14.1. The van der Waals surface area contributed by atoms with E-state index in [1.807, 2.05) is 0 Å². The second-order valence-electron chi connectivity index (χ2n) is 9.70. The molecule has 0 saturated carbocycles. The van der Waals surface area contributed by atoms with E-state index in [4.69, 9.17) is 9.84 Å². The number of ether oxygens (including phenoxy) is 2. The molecule has 0 radical (unpaired) electrons. The fraction of sp³-hybridized carbons (Fsp3) is 0.893. The molecule has 0 bridgehead atoms. The molecule has 2 atom stereocenters. The van der Waals surface area contributed by atoms with Gasteiger partial charge in [-0.1, -0.05) is 84.0 Å². The summed E-state index contributed by atoms with van der Waals surface area (Å²) in [7, 11) is 1.41. The van der Waals surface area contributed by atoms with Gasteiger partial charge in [-0.25, -0.2) is 0 Å². The predicted molar refractivity (Wildman–Crippen MR) is 138 cm³/mol. The second kappa shape index (κ2) is 24.1. The number of aliphatic hydroxyl groups excluding tert-OH is 1. The fourth-order valence-corrected chi connectivity index (χ4v) is 4.20. The molecule has 0 aliphatic rings. The molecule has 0 aromatic heterocycles. The van der Waals surface area contributed by atoms with Gasteiger partial charge in [0, 0.05) is 19.3 Å². The number of methoxy groups -OCH3 is 1. The summed E-state index contributed by atoms with van der Waals surface area (Å²) in [6, 6.07) is 0. The number of carboxylic acids is 1. The Morgan fingerprint density at radius 3 is 1.63 bits per heavy atom. The van der Waals surface area contributed by atoms with Crippen LogP contribution in [0.2, 0.25) is 0 Å². The highest BCUT2D eigenvalue weighted by Gasteiger charge is 2.22. The van der Waals surface area contributed by atoms with E-state index in [9.17, 15) is 19.5 Å². The van der Waals surface area contributed by atoms with Crippen molar-refractivity contribution < 1.29 is 34.1 Å². The molecule has 206 valence electrons. The van der Waals surface area contributed by atoms with Crippen molar-refractivity contribution in [3.8, 4) is 0 Å². The molecule has 7 heteroatoms. The van der Waals surface area contributed by atoms with Gasteiger partial charge in [0.05, 0.1) is 13.2 Å². The maximum Gasteiger partial charge on any atom is 0.306 e. The third-order valence-electron chi connectivity index (χ3n) is 6.43. The standard InChI is InChI=1S/C28H52O7/c1-3-4-5-6-9-14-19-24(29)25(20-15-10-7-12-17-22-27(32)34-2)35-28(33)23-18-13-8-11-16-21-26(30)31/h24-25,29H,3-23H2,1-2H3,(H,30,31). The molecule has 7 nitrogen and oxygen atoms in total. The number of rotatable bonds is 25. The Bertz CT molecular complexity index is 535. The highest BCUT2D eigenvalue weighted by atomic mass is 16.6. The first kappa shape index (κ1) is 33.4. The fourth-order valence-electron chi connectivity index (χ4n) is 4.20. The Morgan fingerprint density at radius 1 is 0.629 bits per heavy atom. The number of hydrogen-bond donors (Lipinski definition) is 2. The van der Waals surface area contributed by atoms with Crippen molar-refractivity contribution in [2.45, 2.75) is 154 Å². The zero-order valence-electron chi connectivity index (χ0n) is 22.4. The van der Waals surface area contributed by atoms with Crippen LogP contribution in [0.5, 0.6) is 0 Å². The predicted octanol–water partition coefficient (Wildman–Crippen LogP) is 6.73. The van der Waals surface area contributed by atoms with Gasteiger partial charge in [0.2, 0.25) is 0 Å². The third kappa shape index (κ3) is 22.6. The number of aliphatic hydroxyl groups is 1. The van der Waals surface area contributed by atoms with Crippen LogP contribution in [0.15, 0.2) is 0 Å². The number of hydrogen-bond acceptors (Lipinski definition) is 6. The van der Waals surface area contributed by atoms with Crippen LogP contribution in [-0.4, -0.2) is 47.4 Å². The lowest BCUT2D eigenvalue weighted by Crippen LogP contribution is -2.31. The molecule has 0 spiro atoms. The molecule has 0 rings (SSSR count). The van der Waals surface area contributed by atoms with Crippen LogP contribution in [-0.2, 0) is 23.9 Å². The van der Waals surface area contributed by atoms with Crippen LogP contribution in [0, 0.1) is 0 Å². The number of carbonyl (C=O) groups is 3. The largest absolute Gasteiger partial charge is 0.481 e. The van der Waals surface area contributed by atoms with Crippen LogP contribution in [0.4, 0.5) is 0 Å². The number of esters is 2. The van der Waals surface area contributed by atoms with E-state index < -0.39 is 18.2 Å². The SMILES string of the molecule is CCCCCCCCC(O)C(CCCCCCCC(=O)OC)OC(=O)CCCCCCCC(=O)O. The van der Waals surface area contributed by atoms with Gasteiger partial charge in [-0.3, -0.25) is 14.4 Å². The lowest BCUT2D eigenvalue weighted by atomic mass is 9.99. The monoisotopic (exact) mass is 500 g/mol. The van der Waals surface area contributed by atoms with Crippen LogP contribution >= 0.6 is 0 Å². The summed E-state index contributed by atoms with van der Waals surface area (Å²) in [5.74, 6) is -1.18. The van der Waals surface area contributed by atoms with E-state index in [0.29, 0.717) is 32.1 Å². The molecular formula is C28H52O7. The summed E-state index contributed by atoms with van der Waals surface area (Å²) >= 11 is 0. The third-order valence-corrected chi connectivity index (χ3v) is 6.43. The van der Waals surface area contributed by atoms with E-state index in [0.717, 1.165) is 70.6 Å². The maximum atomic E-state index is 12.4. The lowest BCUT2D eigenvalue weighted by Gasteiger charge is -2.23. The van der Waals surface area contributed by atoms with Gasteiger partial charge in [0.15, 0.2) is 0 Å². The quantitative estimate of drug-likeness (QED) is 0.106. The first-order chi connectivity index (χ1) is 16.9. The number of aliphatic carboxylic acids is 1. The van der Waals surface area contributed by atoms with E-state index >= 15 is 0 Å². The molecule has 2 N–H and O–H groups in total. The van der Waals surface area contributed by atoms with Crippen LogP contribution in [0.25, 0.3) is 0 Å². The average molecular weight is 501 g/mol. The number of unbranched alkanes of at least 4 members (excludes halogenated alkanes) is 13. The van der Waals surface area contributed by atoms with E-state index in [1.165, 1.54) is 32.8 Å². The van der Waals surface area contributed by atoms with Gasteiger partial charge in [-0.15, -0.1) is 0 Å². The average Bonchev–Trinajstić information content (AvgIpc) is 2.83. The lowest BCUT2D eigenvalue weighted by molar-refractivity contribution is -0.156. The first-order valence-corrected chi connectivity index (χ1v) is 14.1. The highest BCUT2D eigenvalue weighted by Crippen LogP contribution is 2.19. The van der Waals surface area contributed by atoms with Gasteiger partial charge in [0.25, 0.3) is 0 Å². The Balaban J connectivity index is 4.28. The molecule has 0 aliphatic heterocycles. The van der Waals surface area contributed by atoms with Crippen LogP contribution in [0.1, 0.15) is 142 Å². The van der Waals surface area contributed by atoms with E-state index in [-0.39, 0.29) is 18.4 Å². The minimum Gasteiger partial charge on any atom is -0.481 e. The molecule has 0 aromatic carbocycles. The summed E-state index contributed by atoms with van der Waals surface area (Å²) in [6.45, 7) is 2.20. The summed E-state index contributed by atoms with van der Waals surface area (Å²) in [4.78, 5) is 34.1. The van der Waals surface area contributed by atoms with Crippen molar-refractivity contribution in [1.29, 1.82) is 0 Å². The van der Waals surface area contributed by atoms with E-state index in [2.05, 4.69) is 11.7 Å². The minimum atomic E-state index is -0.764. The maximum absolute atomic E-state index is 12.4. The van der Waals surface area contributed by atoms with Gasteiger partial charge < -0.3 is 19.7 Å². The van der Waals surface area contributed by atoms with Crippen molar-refractivity contribution in [3.05, 3.63) is 0 Å². The van der Waals surface area contributed by atoms with Crippen molar-refractivity contribution in [2.24, 2.45) is 0 Å². The molecule has 0 heterocycles. The molecular weight excluding hydrogens is 448 g/mol. The molecule has 0 fully saturated rings. The zero-order chi connectivity index (χ0) is 26.2. The Morgan fingerprint density at radius 2 is 1.09 bits per heavy atom. The van der Waals surface area contributed by atoms with Gasteiger partial charge >= 0.3 is 17.9 Å². The highest BCUT2D eigenvalue weighted by molar-refractivity contribution is 5.69. The normalized spacial score (nSPS) is 12.8. The van der Waals surface area contributed by atoms with E-state index in [1.54, 1.807) is 0 Å². The molecule has 0 amide bonds. The second-order valence-corrected chi connectivity index (χ2v) is 9.70. The van der Waals surface area contributed by atoms with Crippen LogP contribution < -0.4 is 0 Å². The smallest absolute Gasteiger partial charge is 0.306 e. The Hall–Kier alpha value is -1.63.